The van der Waals surface area contributed by atoms with Crippen molar-refractivity contribution in [2.45, 2.75) is 37.6 Å². The van der Waals surface area contributed by atoms with E-state index in [1.807, 2.05) is 9.47 Å². The first-order valence-corrected chi connectivity index (χ1v) is 5.23. The van der Waals surface area contributed by atoms with Crippen molar-refractivity contribution in [1.29, 1.82) is 0 Å². The molecule has 16 heavy (non-hydrogen) atoms. The molecule has 8 heteroatoms. The zero-order chi connectivity index (χ0) is 12.3. The highest BCUT2D eigenvalue weighted by atomic mass is 31.0. The van der Waals surface area contributed by atoms with Crippen molar-refractivity contribution in [2.24, 2.45) is 0 Å². The molecule has 0 aromatic heterocycles. The number of hydrogen-bond donors (Lipinski definition) is 4. The first-order valence-electron chi connectivity index (χ1n) is 4.76. The van der Waals surface area contributed by atoms with Crippen LogP contribution in [-0.2, 0) is 14.1 Å². The van der Waals surface area contributed by atoms with E-state index in [1.165, 1.54) is 6.92 Å². The predicted molar refractivity (Wildman–Crippen MR) is 56.2 cm³/mol. The Hall–Kier alpha value is -0.300. The van der Waals surface area contributed by atoms with Crippen molar-refractivity contribution in [3.63, 3.8) is 0 Å². The molecule has 0 aliphatic carbocycles. The van der Waals surface area contributed by atoms with E-state index in [0.717, 1.165) is 0 Å². The van der Waals surface area contributed by atoms with E-state index in [9.17, 15) is 15.0 Å². The van der Waals surface area contributed by atoms with Gasteiger partial charge in [-0.25, -0.2) is 0 Å². The largest absolute Gasteiger partial charge is 0.394 e. The molecule has 0 aromatic carbocycles. The van der Waals surface area contributed by atoms with Crippen molar-refractivity contribution in [1.82, 2.24) is 5.32 Å². The van der Waals surface area contributed by atoms with E-state index in [0.29, 0.717) is 0 Å². The summed E-state index contributed by atoms with van der Waals surface area (Å²) in [7, 11) is 1.95. The van der Waals surface area contributed by atoms with Gasteiger partial charge in [0.05, 0.1) is 6.61 Å². The SMILES string of the molecule is CC(=O)NC1C(OP)OC(CO)C(O)C1O. The number of aliphatic hydroxyl groups excluding tert-OH is 3. The first-order chi connectivity index (χ1) is 7.51. The number of amides is 1. The molecule has 1 fully saturated rings. The summed E-state index contributed by atoms with van der Waals surface area (Å²) in [6.07, 6.45) is -4.42. The Kier molecular flexibility index (Phi) is 5.04. The van der Waals surface area contributed by atoms with E-state index in [1.54, 1.807) is 0 Å². The topological polar surface area (TPSA) is 108 Å². The van der Waals surface area contributed by atoms with Gasteiger partial charge in [0.1, 0.15) is 24.4 Å². The Labute approximate surface area is 95.0 Å². The normalized spacial score (nSPS) is 39.4. The monoisotopic (exact) mass is 253 g/mol. The minimum Gasteiger partial charge on any atom is -0.394 e. The average Bonchev–Trinajstić information content (AvgIpc) is 2.25. The molecular formula is C8H16NO6P. The van der Waals surface area contributed by atoms with Crippen LogP contribution in [0.25, 0.3) is 0 Å². The van der Waals surface area contributed by atoms with Crippen molar-refractivity contribution in [2.75, 3.05) is 6.61 Å². The fourth-order valence-electron chi connectivity index (χ4n) is 1.59. The highest BCUT2D eigenvalue weighted by molar-refractivity contribution is 7.09. The zero-order valence-corrected chi connectivity index (χ0v) is 9.89. The van der Waals surface area contributed by atoms with Gasteiger partial charge in [-0.3, -0.25) is 4.79 Å². The first kappa shape index (κ1) is 13.8. The molecule has 4 N–H and O–H groups in total. The molecule has 6 atom stereocenters. The molecule has 94 valence electrons. The highest BCUT2D eigenvalue weighted by Crippen LogP contribution is 2.23. The van der Waals surface area contributed by atoms with Gasteiger partial charge < -0.3 is 29.9 Å². The van der Waals surface area contributed by atoms with Crippen LogP contribution in [0.5, 0.6) is 0 Å². The molecule has 1 amide bonds. The Bertz CT molecular complexity index is 251. The number of carbonyl (C=O) groups is 1. The molecular weight excluding hydrogens is 237 g/mol. The van der Waals surface area contributed by atoms with Crippen LogP contribution in [0, 0.1) is 0 Å². The van der Waals surface area contributed by atoms with Crippen LogP contribution in [0.4, 0.5) is 0 Å². The molecule has 1 aliphatic heterocycles. The van der Waals surface area contributed by atoms with Gasteiger partial charge in [-0.15, -0.1) is 0 Å². The van der Waals surface area contributed by atoms with Gasteiger partial charge in [-0.1, -0.05) is 0 Å². The van der Waals surface area contributed by atoms with E-state index < -0.39 is 37.3 Å². The van der Waals surface area contributed by atoms with E-state index in [2.05, 4.69) is 5.32 Å². The second-order valence-corrected chi connectivity index (χ2v) is 3.84. The van der Waals surface area contributed by atoms with Crippen LogP contribution in [0.15, 0.2) is 0 Å². The number of carbonyl (C=O) groups excluding carboxylic acids is 1. The molecule has 1 rings (SSSR count). The lowest BCUT2D eigenvalue weighted by atomic mass is 9.97. The molecule has 7 nitrogen and oxygen atoms in total. The Morgan fingerprint density at radius 2 is 2.12 bits per heavy atom. The summed E-state index contributed by atoms with van der Waals surface area (Å²) in [5.74, 6) is -0.380. The van der Waals surface area contributed by atoms with E-state index in [4.69, 9.17) is 14.4 Å². The van der Waals surface area contributed by atoms with Gasteiger partial charge in [-0.2, -0.15) is 0 Å². The number of ether oxygens (including phenoxy) is 1. The summed E-state index contributed by atoms with van der Waals surface area (Å²) < 4.78 is 10.0. The standard InChI is InChI=1S/C8H16NO6P/c1-3(11)9-5-7(13)6(12)4(2-10)14-8(5)15-16/h4-8,10,12-13H,2,16H2,1H3,(H,9,11). The molecule has 1 aliphatic rings. The fraction of sp³-hybridized carbons (Fsp3) is 0.875. The van der Waals surface area contributed by atoms with Crippen LogP contribution in [0.2, 0.25) is 0 Å². The maximum Gasteiger partial charge on any atom is 0.217 e. The van der Waals surface area contributed by atoms with Gasteiger partial charge in [-0.05, 0) is 0 Å². The van der Waals surface area contributed by atoms with Crippen molar-refractivity contribution < 1.29 is 29.4 Å². The molecule has 0 spiro atoms. The Morgan fingerprint density at radius 1 is 1.50 bits per heavy atom. The Balaban J connectivity index is 2.77. The Morgan fingerprint density at radius 3 is 2.56 bits per heavy atom. The number of rotatable bonds is 3. The number of hydrogen-bond acceptors (Lipinski definition) is 6. The van der Waals surface area contributed by atoms with Gasteiger partial charge in [0.2, 0.25) is 5.91 Å². The lowest BCUT2D eigenvalue weighted by molar-refractivity contribution is -0.241. The maximum atomic E-state index is 10.9. The third-order valence-electron chi connectivity index (χ3n) is 2.38. The molecule has 6 unspecified atom stereocenters. The van der Waals surface area contributed by atoms with Crippen molar-refractivity contribution >= 4 is 15.4 Å². The lowest BCUT2D eigenvalue weighted by Crippen LogP contribution is -2.64. The predicted octanol–water partition coefficient (Wildman–Crippen LogP) is -2.26. The lowest BCUT2D eigenvalue weighted by Gasteiger charge is -2.41. The molecule has 0 saturated carbocycles. The molecule has 0 bridgehead atoms. The summed E-state index contributed by atoms with van der Waals surface area (Å²) in [6.45, 7) is 0.826. The van der Waals surface area contributed by atoms with Gasteiger partial charge in [0, 0.05) is 16.4 Å². The fourth-order valence-corrected chi connectivity index (χ4v) is 1.82. The van der Waals surface area contributed by atoms with Crippen LogP contribution < -0.4 is 5.32 Å². The third kappa shape index (κ3) is 2.88. The van der Waals surface area contributed by atoms with Crippen molar-refractivity contribution in [3.8, 4) is 0 Å². The van der Waals surface area contributed by atoms with E-state index in [-0.39, 0.29) is 5.91 Å². The quantitative estimate of drug-likeness (QED) is 0.423. The van der Waals surface area contributed by atoms with Crippen LogP contribution in [0.3, 0.4) is 0 Å². The minimum absolute atomic E-state index is 0.380. The van der Waals surface area contributed by atoms with Gasteiger partial charge in [0.15, 0.2) is 6.29 Å². The highest BCUT2D eigenvalue weighted by Gasteiger charge is 2.44. The summed E-state index contributed by atoms with van der Waals surface area (Å²) in [4.78, 5) is 10.9. The maximum absolute atomic E-state index is 10.9. The average molecular weight is 253 g/mol. The van der Waals surface area contributed by atoms with Crippen molar-refractivity contribution in [3.05, 3.63) is 0 Å². The van der Waals surface area contributed by atoms with Crippen LogP contribution in [-0.4, -0.2) is 58.5 Å². The number of aliphatic hydroxyl groups is 3. The smallest absolute Gasteiger partial charge is 0.217 e. The van der Waals surface area contributed by atoms with Crippen LogP contribution in [0.1, 0.15) is 6.92 Å². The van der Waals surface area contributed by atoms with Gasteiger partial charge >= 0.3 is 0 Å². The molecule has 0 aromatic rings. The van der Waals surface area contributed by atoms with Gasteiger partial charge in [0.25, 0.3) is 0 Å². The number of nitrogens with one attached hydrogen (secondary N) is 1. The summed E-state index contributed by atoms with van der Waals surface area (Å²) >= 11 is 0. The zero-order valence-electron chi connectivity index (χ0n) is 8.74. The second-order valence-electron chi connectivity index (χ2n) is 3.57. The third-order valence-corrected chi connectivity index (χ3v) is 2.65. The minimum atomic E-state index is -1.28. The molecule has 1 saturated heterocycles. The summed E-state index contributed by atoms with van der Waals surface area (Å²) in [6, 6.07) is -0.882. The molecule has 0 radical (unpaired) electrons. The van der Waals surface area contributed by atoms with Crippen LogP contribution >= 0.6 is 9.47 Å². The molecule has 1 heterocycles. The summed E-state index contributed by atoms with van der Waals surface area (Å²) in [5.41, 5.74) is 0. The summed E-state index contributed by atoms with van der Waals surface area (Å²) in [5, 5.41) is 30.7. The second kappa shape index (κ2) is 5.86. The van der Waals surface area contributed by atoms with E-state index >= 15 is 0 Å².